The van der Waals surface area contributed by atoms with Crippen molar-refractivity contribution in [2.75, 3.05) is 5.32 Å². The summed E-state index contributed by atoms with van der Waals surface area (Å²) in [5.41, 5.74) is 1.97. The normalized spacial score (nSPS) is 12.1. The van der Waals surface area contributed by atoms with Crippen LogP contribution < -0.4 is 5.32 Å². The average molecular weight is 262 g/mol. The number of carbonyl (C=O) groups is 1. The van der Waals surface area contributed by atoms with Crippen LogP contribution in [0.25, 0.3) is 0 Å². The molecule has 2 aromatic rings. The van der Waals surface area contributed by atoms with Gasteiger partial charge in [0.1, 0.15) is 6.33 Å². The number of aryl methyl sites for hydroxylation is 1. The van der Waals surface area contributed by atoms with Gasteiger partial charge in [0.25, 0.3) is 0 Å². The lowest BCUT2D eigenvalue weighted by atomic mass is 10.2. The summed E-state index contributed by atoms with van der Waals surface area (Å²) in [6, 6.07) is 7.70. The molecule has 6 heteroatoms. The average Bonchev–Trinajstić information content (AvgIpc) is 2.85. The van der Waals surface area contributed by atoms with Gasteiger partial charge in [0.15, 0.2) is 5.16 Å². The highest BCUT2D eigenvalue weighted by molar-refractivity contribution is 8.00. The van der Waals surface area contributed by atoms with Crippen LogP contribution >= 0.6 is 11.8 Å². The van der Waals surface area contributed by atoms with Crippen LogP contribution in [-0.4, -0.2) is 26.3 Å². The van der Waals surface area contributed by atoms with Crippen molar-refractivity contribution in [3.05, 3.63) is 36.2 Å². The van der Waals surface area contributed by atoms with Crippen molar-refractivity contribution in [2.24, 2.45) is 0 Å². The zero-order valence-electron chi connectivity index (χ0n) is 10.2. The number of rotatable bonds is 4. The quantitative estimate of drug-likeness (QED) is 0.829. The van der Waals surface area contributed by atoms with Gasteiger partial charge >= 0.3 is 0 Å². The van der Waals surface area contributed by atoms with E-state index < -0.39 is 0 Å². The van der Waals surface area contributed by atoms with Gasteiger partial charge < -0.3 is 5.32 Å². The molecule has 1 aromatic carbocycles. The summed E-state index contributed by atoms with van der Waals surface area (Å²) in [4.78, 5) is 15.9. The maximum atomic E-state index is 11.9. The highest BCUT2D eigenvalue weighted by atomic mass is 32.2. The number of anilines is 1. The zero-order valence-corrected chi connectivity index (χ0v) is 11.0. The van der Waals surface area contributed by atoms with Gasteiger partial charge in [-0.1, -0.05) is 29.5 Å². The summed E-state index contributed by atoms with van der Waals surface area (Å²) < 4.78 is 0. The second kappa shape index (κ2) is 5.68. The predicted octanol–water partition coefficient (Wildman–Crippen LogP) is 2.23. The molecule has 94 valence electrons. The Balaban J connectivity index is 1.93. The molecule has 0 fully saturated rings. The number of carbonyl (C=O) groups excluding carboxylic acids is 1. The third kappa shape index (κ3) is 3.33. The number of nitrogens with zero attached hydrogens (tertiary/aromatic N) is 2. The third-order valence-corrected chi connectivity index (χ3v) is 3.36. The van der Waals surface area contributed by atoms with Crippen molar-refractivity contribution in [3.8, 4) is 0 Å². The first kappa shape index (κ1) is 12.6. The van der Waals surface area contributed by atoms with Gasteiger partial charge in [0.2, 0.25) is 5.91 Å². The van der Waals surface area contributed by atoms with Crippen molar-refractivity contribution < 1.29 is 4.79 Å². The molecule has 18 heavy (non-hydrogen) atoms. The molecule has 1 atom stereocenters. The van der Waals surface area contributed by atoms with Crippen LogP contribution in [0.15, 0.2) is 35.7 Å². The molecule has 0 radical (unpaired) electrons. The molecule has 0 aliphatic carbocycles. The number of thioether (sulfide) groups is 1. The Labute approximate surface area is 109 Å². The predicted molar refractivity (Wildman–Crippen MR) is 71.5 cm³/mol. The van der Waals surface area contributed by atoms with Crippen LogP contribution in [-0.2, 0) is 4.79 Å². The molecule has 0 saturated heterocycles. The SMILES string of the molecule is Cc1ccc(NC(=O)[C@H](C)Sc2ncn[nH]2)cc1. The molecule has 2 N–H and O–H groups in total. The Morgan fingerprint density at radius 2 is 2.11 bits per heavy atom. The van der Waals surface area contributed by atoms with Crippen LogP contribution in [0.1, 0.15) is 12.5 Å². The second-order valence-corrected chi connectivity index (χ2v) is 5.24. The van der Waals surface area contributed by atoms with Gasteiger partial charge in [0, 0.05) is 5.69 Å². The molecule has 0 aliphatic rings. The van der Waals surface area contributed by atoms with E-state index in [9.17, 15) is 4.79 Å². The van der Waals surface area contributed by atoms with Gasteiger partial charge in [-0.25, -0.2) is 4.98 Å². The van der Waals surface area contributed by atoms with Gasteiger partial charge in [-0.05, 0) is 26.0 Å². The number of hydrogen-bond acceptors (Lipinski definition) is 4. The Morgan fingerprint density at radius 1 is 1.39 bits per heavy atom. The van der Waals surface area contributed by atoms with Crippen LogP contribution in [0.2, 0.25) is 0 Å². The number of hydrogen-bond donors (Lipinski definition) is 2. The molecule has 0 bridgehead atoms. The first-order chi connectivity index (χ1) is 8.65. The molecule has 0 aliphatic heterocycles. The third-order valence-electron chi connectivity index (χ3n) is 2.37. The molecule has 0 spiro atoms. The Hall–Kier alpha value is -1.82. The molecular weight excluding hydrogens is 248 g/mol. The van der Waals surface area contributed by atoms with Gasteiger partial charge in [0.05, 0.1) is 5.25 Å². The van der Waals surface area contributed by atoms with Crippen molar-refractivity contribution >= 4 is 23.4 Å². The molecular formula is C12H14N4OS. The molecule has 0 unspecified atom stereocenters. The van der Waals surface area contributed by atoms with E-state index in [1.54, 1.807) is 0 Å². The summed E-state index contributed by atoms with van der Waals surface area (Å²) in [6.07, 6.45) is 1.42. The zero-order chi connectivity index (χ0) is 13.0. The molecule has 2 rings (SSSR count). The Morgan fingerprint density at radius 3 is 2.72 bits per heavy atom. The maximum Gasteiger partial charge on any atom is 0.237 e. The molecule has 1 amide bonds. The highest BCUT2D eigenvalue weighted by Crippen LogP contribution is 2.19. The number of nitrogens with one attached hydrogen (secondary N) is 2. The monoisotopic (exact) mass is 262 g/mol. The first-order valence-corrected chi connectivity index (χ1v) is 6.42. The molecule has 0 saturated carbocycles. The number of amides is 1. The topological polar surface area (TPSA) is 70.7 Å². The fourth-order valence-electron chi connectivity index (χ4n) is 1.35. The van der Waals surface area contributed by atoms with E-state index in [-0.39, 0.29) is 11.2 Å². The Bertz CT molecular complexity index is 509. The molecule has 5 nitrogen and oxygen atoms in total. The van der Waals surface area contributed by atoms with Gasteiger partial charge in [-0.2, -0.15) is 5.10 Å². The maximum absolute atomic E-state index is 11.9. The van der Waals surface area contributed by atoms with Crippen LogP contribution in [0, 0.1) is 6.92 Å². The largest absolute Gasteiger partial charge is 0.325 e. The summed E-state index contributed by atoms with van der Waals surface area (Å²) in [6.45, 7) is 3.84. The fraction of sp³-hybridized carbons (Fsp3) is 0.250. The van der Waals surface area contributed by atoms with E-state index in [1.165, 1.54) is 18.1 Å². The van der Waals surface area contributed by atoms with Crippen molar-refractivity contribution in [1.82, 2.24) is 15.2 Å². The first-order valence-electron chi connectivity index (χ1n) is 5.54. The summed E-state index contributed by atoms with van der Waals surface area (Å²) in [7, 11) is 0. The summed E-state index contributed by atoms with van der Waals surface area (Å²) in [5.74, 6) is -0.0553. The van der Waals surface area contributed by atoms with Gasteiger partial charge in [-0.15, -0.1) is 0 Å². The lowest BCUT2D eigenvalue weighted by molar-refractivity contribution is -0.115. The van der Waals surface area contributed by atoms with Crippen LogP contribution in [0.4, 0.5) is 5.69 Å². The molecule has 1 aromatic heterocycles. The van der Waals surface area contributed by atoms with Crippen molar-refractivity contribution in [1.29, 1.82) is 0 Å². The number of H-pyrrole nitrogens is 1. The molecule has 1 heterocycles. The van der Waals surface area contributed by atoms with Crippen LogP contribution in [0.3, 0.4) is 0 Å². The number of benzene rings is 1. The highest BCUT2D eigenvalue weighted by Gasteiger charge is 2.15. The van der Waals surface area contributed by atoms with Crippen molar-refractivity contribution in [3.63, 3.8) is 0 Å². The standard InChI is InChI=1S/C12H14N4OS/c1-8-3-5-10(6-4-8)15-11(17)9(2)18-12-13-7-14-16-12/h3-7,9H,1-2H3,(H,15,17)(H,13,14,16)/t9-/m0/s1. The fourth-order valence-corrected chi connectivity index (χ4v) is 2.07. The lowest BCUT2D eigenvalue weighted by Gasteiger charge is -2.10. The van der Waals surface area contributed by atoms with E-state index in [1.807, 2.05) is 38.1 Å². The smallest absolute Gasteiger partial charge is 0.237 e. The van der Waals surface area contributed by atoms with E-state index in [0.717, 1.165) is 11.3 Å². The number of aromatic amines is 1. The van der Waals surface area contributed by atoms with Crippen LogP contribution in [0.5, 0.6) is 0 Å². The van der Waals surface area contributed by atoms with E-state index in [2.05, 4.69) is 20.5 Å². The minimum Gasteiger partial charge on any atom is -0.325 e. The van der Waals surface area contributed by atoms with Crippen molar-refractivity contribution in [2.45, 2.75) is 24.3 Å². The van der Waals surface area contributed by atoms with E-state index >= 15 is 0 Å². The summed E-state index contributed by atoms with van der Waals surface area (Å²) >= 11 is 1.34. The van der Waals surface area contributed by atoms with E-state index in [4.69, 9.17) is 0 Å². The van der Waals surface area contributed by atoms with E-state index in [0.29, 0.717) is 5.16 Å². The Kier molecular flexibility index (Phi) is 3.99. The minimum absolute atomic E-state index is 0.0553. The van der Waals surface area contributed by atoms with Gasteiger partial charge in [-0.3, -0.25) is 9.89 Å². The number of aromatic nitrogens is 3. The second-order valence-electron chi connectivity index (χ2n) is 3.91. The lowest BCUT2D eigenvalue weighted by Crippen LogP contribution is -2.22. The minimum atomic E-state index is -0.237. The summed E-state index contributed by atoms with van der Waals surface area (Å²) in [5, 5.41) is 9.72.